The maximum Gasteiger partial charge on any atom is 0.293 e. The fourth-order valence-electron chi connectivity index (χ4n) is 0.333. The number of nitrogens with one attached hydrogen (secondary N) is 1. The molecule has 4 heteroatoms. The average Bonchev–Trinajstić information content (AvgIpc) is 1.89. The first-order valence-corrected chi connectivity index (χ1v) is 2.57. The minimum atomic E-state index is 0.358. The Balaban J connectivity index is 2.74. The van der Waals surface area contributed by atoms with Gasteiger partial charge in [-0.05, 0) is 0 Å². The molecule has 4 nitrogen and oxygen atoms in total. The Morgan fingerprint density at radius 1 is 1.33 bits per heavy atom. The lowest BCUT2D eigenvalue weighted by Crippen LogP contribution is -1.97. The molecule has 0 bridgehead atoms. The molecular formula is C5H9NO3. The van der Waals surface area contributed by atoms with Crippen molar-refractivity contribution in [2.75, 3.05) is 13.2 Å². The number of ether oxygens (including phenoxy) is 2. The van der Waals surface area contributed by atoms with Crippen molar-refractivity contribution in [2.45, 2.75) is 6.42 Å². The molecule has 0 aromatic carbocycles. The highest BCUT2D eigenvalue weighted by atomic mass is 16.5. The summed E-state index contributed by atoms with van der Waals surface area (Å²) < 4.78 is 8.87. The van der Waals surface area contributed by atoms with Gasteiger partial charge >= 0.3 is 0 Å². The number of carbonyl (C=O) groups is 1. The largest absolute Gasteiger partial charge is 0.484 e. The van der Waals surface area contributed by atoms with Crippen LogP contribution in [0.2, 0.25) is 0 Å². The number of hydrogen-bond donors (Lipinski definition) is 1. The van der Waals surface area contributed by atoms with Crippen molar-refractivity contribution < 1.29 is 14.3 Å². The van der Waals surface area contributed by atoms with Crippen LogP contribution in [0.4, 0.5) is 0 Å². The van der Waals surface area contributed by atoms with Crippen molar-refractivity contribution in [2.24, 2.45) is 0 Å². The molecule has 0 unspecified atom stereocenters. The predicted molar refractivity (Wildman–Crippen MR) is 31.4 cm³/mol. The van der Waals surface area contributed by atoms with Crippen LogP contribution in [0.25, 0.3) is 0 Å². The average molecular weight is 131 g/mol. The van der Waals surface area contributed by atoms with Gasteiger partial charge in [-0.2, -0.15) is 0 Å². The Labute approximate surface area is 53.3 Å². The third-order valence-corrected chi connectivity index (χ3v) is 0.676. The first kappa shape index (κ1) is 7.94. The summed E-state index contributed by atoms with van der Waals surface area (Å²) in [5.74, 6) is 0. The van der Waals surface area contributed by atoms with Crippen LogP contribution in [0.1, 0.15) is 6.42 Å². The molecule has 0 spiro atoms. The van der Waals surface area contributed by atoms with Gasteiger partial charge in [0.2, 0.25) is 0 Å². The molecule has 0 heterocycles. The standard InChI is InChI=1S/C5H9NO3/c6-4-8-2-1-3-9-5-7/h4-6H,1-3H2. The van der Waals surface area contributed by atoms with Crippen LogP contribution < -0.4 is 0 Å². The first-order chi connectivity index (χ1) is 4.41. The summed E-state index contributed by atoms with van der Waals surface area (Å²) in [5, 5.41) is 6.43. The normalized spacial score (nSPS) is 8.00. The zero-order valence-electron chi connectivity index (χ0n) is 5.00. The van der Waals surface area contributed by atoms with Crippen molar-refractivity contribution in [3.63, 3.8) is 0 Å². The van der Waals surface area contributed by atoms with E-state index in [4.69, 9.17) is 5.41 Å². The van der Waals surface area contributed by atoms with Gasteiger partial charge in [-0.15, -0.1) is 0 Å². The lowest BCUT2D eigenvalue weighted by molar-refractivity contribution is -0.128. The van der Waals surface area contributed by atoms with Crippen LogP contribution in [0.15, 0.2) is 0 Å². The van der Waals surface area contributed by atoms with Crippen molar-refractivity contribution in [1.82, 2.24) is 0 Å². The van der Waals surface area contributed by atoms with E-state index in [0.717, 1.165) is 6.40 Å². The smallest absolute Gasteiger partial charge is 0.293 e. The van der Waals surface area contributed by atoms with Gasteiger partial charge in [-0.1, -0.05) is 0 Å². The van der Waals surface area contributed by atoms with Gasteiger partial charge in [0.15, 0.2) is 6.40 Å². The van der Waals surface area contributed by atoms with Gasteiger partial charge < -0.3 is 9.47 Å². The molecule has 0 aliphatic rings. The topological polar surface area (TPSA) is 59.4 Å². The zero-order chi connectivity index (χ0) is 6.95. The molecule has 0 aromatic rings. The molecule has 1 N–H and O–H groups in total. The second-order valence-corrected chi connectivity index (χ2v) is 1.31. The molecule has 0 saturated carbocycles. The number of rotatable bonds is 6. The van der Waals surface area contributed by atoms with E-state index in [1.807, 2.05) is 0 Å². The predicted octanol–water partition coefficient (Wildman–Crippen LogP) is 0.173. The Bertz CT molecular complexity index is 74.3. The fraction of sp³-hybridized carbons (Fsp3) is 0.600. The van der Waals surface area contributed by atoms with E-state index in [2.05, 4.69) is 9.47 Å². The highest BCUT2D eigenvalue weighted by Crippen LogP contribution is 1.79. The van der Waals surface area contributed by atoms with E-state index in [1.54, 1.807) is 0 Å². The minimum absolute atomic E-state index is 0.358. The lowest BCUT2D eigenvalue weighted by Gasteiger charge is -1.96. The molecule has 0 fully saturated rings. The Kier molecular flexibility index (Phi) is 6.12. The third kappa shape index (κ3) is 6.94. The van der Waals surface area contributed by atoms with Crippen LogP contribution in [0.5, 0.6) is 0 Å². The fourth-order valence-corrected chi connectivity index (χ4v) is 0.333. The summed E-state index contributed by atoms with van der Waals surface area (Å²) in [6.45, 7) is 1.18. The molecular weight excluding hydrogens is 122 g/mol. The Hall–Kier alpha value is -1.06. The van der Waals surface area contributed by atoms with Gasteiger partial charge in [0.1, 0.15) is 0 Å². The van der Waals surface area contributed by atoms with E-state index >= 15 is 0 Å². The zero-order valence-corrected chi connectivity index (χ0v) is 5.00. The van der Waals surface area contributed by atoms with Crippen LogP contribution in [-0.2, 0) is 14.3 Å². The van der Waals surface area contributed by atoms with E-state index in [9.17, 15) is 4.79 Å². The van der Waals surface area contributed by atoms with Crippen molar-refractivity contribution >= 4 is 12.9 Å². The molecule has 0 amide bonds. The molecule has 52 valence electrons. The van der Waals surface area contributed by atoms with Crippen LogP contribution >= 0.6 is 0 Å². The monoisotopic (exact) mass is 131 g/mol. The molecule has 9 heavy (non-hydrogen) atoms. The maximum atomic E-state index is 9.53. The summed E-state index contributed by atoms with van der Waals surface area (Å²) in [5.41, 5.74) is 0. The molecule has 0 saturated heterocycles. The summed E-state index contributed by atoms with van der Waals surface area (Å²) in [6.07, 6.45) is 1.50. The van der Waals surface area contributed by atoms with Gasteiger partial charge in [0.05, 0.1) is 13.2 Å². The second-order valence-electron chi connectivity index (χ2n) is 1.31. The Morgan fingerprint density at radius 2 is 2.00 bits per heavy atom. The summed E-state index contributed by atoms with van der Waals surface area (Å²) in [4.78, 5) is 9.53. The Morgan fingerprint density at radius 3 is 2.56 bits per heavy atom. The SMILES string of the molecule is N=COCCCOC=O. The molecule has 0 radical (unpaired) electrons. The van der Waals surface area contributed by atoms with Gasteiger partial charge in [-0.3, -0.25) is 10.2 Å². The second kappa shape index (κ2) is 6.94. The number of carbonyl (C=O) groups excluding carboxylic acids is 1. The molecule has 0 rings (SSSR count). The maximum absolute atomic E-state index is 9.53. The van der Waals surface area contributed by atoms with E-state index in [1.165, 1.54) is 0 Å². The van der Waals surface area contributed by atoms with Crippen LogP contribution in [-0.4, -0.2) is 26.1 Å². The lowest BCUT2D eigenvalue weighted by atomic mass is 10.5. The van der Waals surface area contributed by atoms with E-state index in [-0.39, 0.29) is 0 Å². The molecule has 0 aromatic heterocycles. The third-order valence-electron chi connectivity index (χ3n) is 0.676. The number of hydrogen-bond acceptors (Lipinski definition) is 4. The van der Waals surface area contributed by atoms with Crippen LogP contribution in [0, 0.1) is 5.41 Å². The summed E-state index contributed by atoms with van der Waals surface area (Å²) >= 11 is 0. The summed E-state index contributed by atoms with van der Waals surface area (Å²) in [7, 11) is 0. The summed E-state index contributed by atoms with van der Waals surface area (Å²) in [6, 6.07) is 0. The molecule has 0 atom stereocenters. The molecule has 0 aliphatic heterocycles. The quantitative estimate of drug-likeness (QED) is 0.242. The van der Waals surface area contributed by atoms with Gasteiger partial charge in [0, 0.05) is 6.42 Å². The first-order valence-electron chi connectivity index (χ1n) is 2.57. The van der Waals surface area contributed by atoms with Crippen molar-refractivity contribution in [3.8, 4) is 0 Å². The van der Waals surface area contributed by atoms with E-state index < -0.39 is 0 Å². The molecule has 0 aliphatic carbocycles. The van der Waals surface area contributed by atoms with Crippen molar-refractivity contribution in [1.29, 1.82) is 5.41 Å². The highest BCUT2D eigenvalue weighted by molar-refractivity contribution is 5.40. The highest BCUT2D eigenvalue weighted by Gasteiger charge is 1.84. The van der Waals surface area contributed by atoms with Crippen molar-refractivity contribution in [3.05, 3.63) is 0 Å². The van der Waals surface area contributed by atoms with Crippen LogP contribution in [0.3, 0.4) is 0 Å². The minimum Gasteiger partial charge on any atom is -0.484 e. The van der Waals surface area contributed by atoms with E-state index in [0.29, 0.717) is 26.1 Å². The van der Waals surface area contributed by atoms with Gasteiger partial charge in [-0.25, -0.2) is 0 Å². The van der Waals surface area contributed by atoms with Gasteiger partial charge in [0.25, 0.3) is 6.47 Å².